The van der Waals surface area contributed by atoms with Gasteiger partial charge in [0.05, 0.1) is 10.6 Å². The number of rotatable bonds is 8. The number of amides is 2. The lowest BCUT2D eigenvalue weighted by Gasteiger charge is -2.22. The fraction of sp³-hybridized carbons (Fsp3) is 0.440. The molecule has 1 N–H and O–H groups in total. The van der Waals surface area contributed by atoms with E-state index in [0.29, 0.717) is 19.4 Å². The standard InChI is InChI=1S/C25H30N2O4S/c1-17-3-5-19(6-4-17)11-13-26-24(28)12-14-32(30,31)22-9-10-23-21(16-22)15-18(2)27(23)25(29)20-7-8-20/h3-6,9-10,16,18,20H,7-8,11-15H2,1-2H3,(H,26,28)/t18-/m1/s1. The summed E-state index contributed by atoms with van der Waals surface area (Å²) in [6, 6.07) is 13.1. The van der Waals surface area contributed by atoms with E-state index >= 15 is 0 Å². The number of nitrogens with zero attached hydrogens (tertiary/aromatic N) is 1. The Hall–Kier alpha value is -2.67. The van der Waals surface area contributed by atoms with Crippen molar-refractivity contribution in [1.82, 2.24) is 5.32 Å². The van der Waals surface area contributed by atoms with Gasteiger partial charge in [-0.15, -0.1) is 0 Å². The maximum atomic E-state index is 12.8. The van der Waals surface area contributed by atoms with Gasteiger partial charge in [-0.2, -0.15) is 0 Å². The van der Waals surface area contributed by atoms with Crippen molar-refractivity contribution >= 4 is 27.3 Å². The number of fused-ring (bicyclic) bond motifs is 1. The maximum absolute atomic E-state index is 12.8. The molecule has 6 nitrogen and oxygen atoms in total. The minimum Gasteiger partial charge on any atom is -0.356 e. The summed E-state index contributed by atoms with van der Waals surface area (Å²) < 4.78 is 25.6. The second kappa shape index (κ2) is 9.06. The molecule has 0 aromatic heterocycles. The lowest BCUT2D eigenvalue weighted by Crippen LogP contribution is -2.36. The van der Waals surface area contributed by atoms with Crippen molar-refractivity contribution < 1.29 is 18.0 Å². The average Bonchev–Trinajstić information content (AvgIpc) is 3.55. The number of anilines is 1. The summed E-state index contributed by atoms with van der Waals surface area (Å²) in [6.45, 7) is 4.50. The molecule has 1 aliphatic heterocycles. The lowest BCUT2D eigenvalue weighted by molar-refractivity contribution is -0.121. The molecule has 2 amide bonds. The smallest absolute Gasteiger partial charge is 0.230 e. The summed E-state index contributed by atoms with van der Waals surface area (Å²) in [5.74, 6) is -0.232. The highest BCUT2D eigenvalue weighted by atomic mass is 32.2. The van der Waals surface area contributed by atoms with Gasteiger partial charge in [-0.05, 0) is 68.9 Å². The van der Waals surface area contributed by atoms with E-state index in [0.717, 1.165) is 29.7 Å². The molecule has 0 bridgehead atoms. The molecular formula is C25H30N2O4S. The first-order chi connectivity index (χ1) is 15.2. The number of sulfone groups is 1. The van der Waals surface area contributed by atoms with E-state index in [4.69, 9.17) is 0 Å². The van der Waals surface area contributed by atoms with Gasteiger partial charge < -0.3 is 10.2 Å². The fourth-order valence-corrected chi connectivity index (χ4v) is 5.49. The first-order valence-corrected chi connectivity index (χ1v) is 12.9. The van der Waals surface area contributed by atoms with Crippen LogP contribution in [0.1, 0.15) is 42.9 Å². The second-order valence-electron chi connectivity index (χ2n) is 8.98. The molecule has 170 valence electrons. The van der Waals surface area contributed by atoms with E-state index in [1.54, 1.807) is 18.2 Å². The third-order valence-electron chi connectivity index (χ3n) is 6.24. The van der Waals surface area contributed by atoms with E-state index < -0.39 is 9.84 Å². The molecule has 1 fully saturated rings. The number of hydrogen-bond donors (Lipinski definition) is 1. The number of carbonyl (C=O) groups excluding carboxylic acids is 2. The van der Waals surface area contributed by atoms with Gasteiger partial charge in [0, 0.05) is 30.6 Å². The van der Waals surface area contributed by atoms with Crippen molar-refractivity contribution in [2.24, 2.45) is 5.92 Å². The normalized spacial score (nSPS) is 17.8. The third kappa shape index (κ3) is 5.04. The minimum absolute atomic E-state index is 0.0374. The number of carbonyl (C=O) groups is 2. The Morgan fingerprint density at radius 1 is 1.09 bits per heavy atom. The zero-order valence-electron chi connectivity index (χ0n) is 18.6. The van der Waals surface area contributed by atoms with Crippen LogP contribution < -0.4 is 10.2 Å². The molecular weight excluding hydrogens is 424 g/mol. The van der Waals surface area contributed by atoms with Gasteiger partial charge in [-0.1, -0.05) is 29.8 Å². The Morgan fingerprint density at radius 2 is 1.81 bits per heavy atom. The molecule has 0 unspecified atom stereocenters. The van der Waals surface area contributed by atoms with Crippen LogP contribution in [0.25, 0.3) is 0 Å². The first kappa shape index (κ1) is 22.5. The van der Waals surface area contributed by atoms with E-state index in [1.807, 2.05) is 43.0 Å². The molecule has 0 saturated heterocycles. The van der Waals surface area contributed by atoms with Crippen molar-refractivity contribution in [3.63, 3.8) is 0 Å². The topological polar surface area (TPSA) is 83.6 Å². The molecule has 1 heterocycles. The molecule has 2 aliphatic rings. The molecule has 32 heavy (non-hydrogen) atoms. The summed E-state index contributed by atoms with van der Waals surface area (Å²) >= 11 is 0. The van der Waals surface area contributed by atoms with Crippen molar-refractivity contribution in [3.05, 3.63) is 59.2 Å². The SMILES string of the molecule is Cc1ccc(CCNC(=O)CCS(=O)(=O)c2ccc3c(c2)C[C@@H](C)N3C(=O)C2CC2)cc1. The van der Waals surface area contributed by atoms with Crippen molar-refractivity contribution in [3.8, 4) is 0 Å². The first-order valence-electron chi connectivity index (χ1n) is 11.3. The zero-order chi connectivity index (χ0) is 22.9. The Labute approximate surface area is 189 Å². The van der Waals surface area contributed by atoms with Crippen LogP contribution >= 0.6 is 0 Å². The quantitative estimate of drug-likeness (QED) is 0.664. The van der Waals surface area contributed by atoms with E-state index in [-0.39, 0.29) is 40.8 Å². The van der Waals surface area contributed by atoms with Crippen LogP contribution in [0.3, 0.4) is 0 Å². The lowest BCUT2D eigenvalue weighted by atomic mass is 10.1. The third-order valence-corrected chi connectivity index (χ3v) is 7.96. The van der Waals surface area contributed by atoms with E-state index in [1.165, 1.54) is 5.56 Å². The molecule has 1 aliphatic carbocycles. The van der Waals surface area contributed by atoms with Crippen molar-refractivity contribution in [1.29, 1.82) is 0 Å². The van der Waals surface area contributed by atoms with Crippen molar-refractivity contribution in [2.45, 2.75) is 56.9 Å². The highest BCUT2D eigenvalue weighted by molar-refractivity contribution is 7.91. The number of nitrogens with one attached hydrogen (secondary N) is 1. The van der Waals surface area contributed by atoms with Gasteiger partial charge >= 0.3 is 0 Å². The van der Waals surface area contributed by atoms with Gasteiger partial charge in [-0.25, -0.2) is 8.42 Å². The molecule has 2 aromatic rings. The summed E-state index contributed by atoms with van der Waals surface area (Å²) in [7, 11) is -3.58. The van der Waals surface area contributed by atoms with E-state index in [9.17, 15) is 18.0 Å². The Morgan fingerprint density at radius 3 is 2.50 bits per heavy atom. The van der Waals surface area contributed by atoms with Gasteiger partial charge in [0.2, 0.25) is 11.8 Å². The second-order valence-corrected chi connectivity index (χ2v) is 11.1. The summed E-state index contributed by atoms with van der Waals surface area (Å²) in [5.41, 5.74) is 4.02. The summed E-state index contributed by atoms with van der Waals surface area (Å²) in [5, 5.41) is 2.80. The fourth-order valence-electron chi connectivity index (χ4n) is 4.20. The van der Waals surface area contributed by atoms with Gasteiger partial charge in [0.15, 0.2) is 9.84 Å². The highest BCUT2D eigenvalue weighted by Crippen LogP contribution is 2.39. The molecule has 2 aromatic carbocycles. The molecule has 0 radical (unpaired) electrons. The van der Waals surface area contributed by atoms with E-state index in [2.05, 4.69) is 5.32 Å². The molecule has 1 saturated carbocycles. The monoisotopic (exact) mass is 454 g/mol. The summed E-state index contributed by atoms with van der Waals surface area (Å²) in [4.78, 5) is 26.8. The van der Waals surface area contributed by atoms with Gasteiger partial charge in [-0.3, -0.25) is 9.59 Å². The Kier molecular flexibility index (Phi) is 6.38. The predicted molar refractivity (Wildman–Crippen MR) is 124 cm³/mol. The summed E-state index contributed by atoms with van der Waals surface area (Å²) in [6.07, 6.45) is 3.17. The van der Waals surface area contributed by atoms with Crippen LogP contribution in [0.15, 0.2) is 47.4 Å². The molecule has 7 heteroatoms. The Balaban J connectivity index is 1.32. The molecule has 1 atom stereocenters. The molecule has 0 spiro atoms. The zero-order valence-corrected chi connectivity index (χ0v) is 19.5. The number of benzene rings is 2. The average molecular weight is 455 g/mol. The van der Waals surface area contributed by atoms with Crippen LogP contribution in [-0.4, -0.2) is 38.6 Å². The van der Waals surface area contributed by atoms with Crippen molar-refractivity contribution in [2.75, 3.05) is 17.2 Å². The van der Waals surface area contributed by atoms with Crippen LogP contribution in [0.4, 0.5) is 5.69 Å². The van der Waals surface area contributed by atoms with Crippen LogP contribution in [0.2, 0.25) is 0 Å². The van der Waals surface area contributed by atoms with Crippen LogP contribution in [0, 0.1) is 12.8 Å². The van der Waals surface area contributed by atoms with Crippen LogP contribution in [-0.2, 0) is 32.3 Å². The minimum atomic E-state index is -3.58. The molecule has 4 rings (SSSR count). The largest absolute Gasteiger partial charge is 0.356 e. The maximum Gasteiger partial charge on any atom is 0.230 e. The van der Waals surface area contributed by atoms with Crippen LogP contribution in [0.5, 0.6) is 0 Å². The van der Waals surface area contributed by atoms with Gasteiger partial charge in [0.25, 0.3) is 0 Å². The predicted octanol–water partition coefficient (Wildman–Crippen LogP) is 3.21. The number of hydrogen-bond acceptors (Lipinski definition) is 4. The van der Waals surface area contributed by atoms with Gasteiger partial charge in [0.1, 0.15) is 0 Å². The number of aryl methyl sites for hydroxylation is 1. The highest BCUT2D eigenvalue weighted by Gasteiger charge is 2.39. The Bertz CT molecular complexity index is 1120.